The van der Waals surface area contributed by atoms with Gasteiger partial charge in [0.05, 0.1) is 0 Å². The molecule has 1 aromatic rings. The van der Waals surface area contributed by atoms with Gasteiger partial charge >= 0.3 is 12.0 Å². The van der Waals surface area contributed by atoms with Crippen LogP contribution in [0.1, 0.15) is 25.3 Å². The van der Waals surface area contributed by atoms with E-state index in [1.165, 1.54) is 4.90 Å². The van der Waals surface area contributed by atoms with Gasteiger partial charge in [-0.3, -0.25) is 0 Å². The third-order valence-corrected chi connectivity index (χ3v) is 3.63. The predicted molar refractivity (Wildman–Crippen MR) is 75.4 cm³/mol. The summed E-state index contributed by atoms with van der Waals surface area (Å²) in [4.78, 5) is 24.9. The number of carbonyl (C=O) groups excluding carboxylic acids is 1. The van der Waals surface area contributed by atoms with Gasteiger partial charge in [-0.25, -0.2) is 9.59 Å². The Morgan fingerprint density at radius 1 is 1.50 bits per heavy atom. The van der Waals surface area contributed by atoms with E-state index in [2.05, 4.69) is 11.2 Å². The first-order chi connectivity index (χ1) is 9.47. The molecule has 5 nitrogen and oxygen atoms in total. The molecule has 0 aromatic heterocycles. The number of anilines is 1. The van der Waals surface area contributed by atoms with Crippen LogP contribution in [0.25, 0.3) is 0 Å². The molecule has 2 amide bonds. The molecule has 2 N–H and O–H groups in total. The molecule has 0 saturated carbocycles. The maximum Gasteiger partial charge on any atom is 0.329 e. The highest BCUT2D eigenvalue weighted by atomic mass is 16.4. The lowest BCUT2D eigenvalue weighted by Gasteiger charge is -2.31. The van der Waals surface area contributed by atoms with Crippen molar-refractivity contribution < 1.29 is 14.7 Å². The van der Waals surface area contributed by atoms with Gasteiger partial charge in [0.15, 0.2) is 0 Å². The average Bonchev–Trinajstić information content (AvgIpc) is 2.82. The SMILES string of the molecule is C#Cc1cccc(NC(=O)N2CCCC2(C)C(=O)O)c1. The number of urea groups is 1. The molecule has 1 aliphatic heterocycles. The number of benzene rings is 1. The second kappa shape index (κ2) is 5.25. The normalized spacial score (nSPS) is 21.3. The molecule has 1 unspecified atom stereocenters. The summed E-state index contributed by atoms with van der Waals surface area (Å²) in [6.07, 6.45) is 6.44. The summed E-state index contributed by atoms with van der Waals surface area (Å²) >= 11 is 0. The number of nitrogens with zero attached hydrogens (tertiary/aromatic N) is 1. The van der Waals surface area contributed by atoms with Crippen LogP contribution in [0.2, 0.25) is 0 Å². The second-order valence-corrected chi connectivity index (χ2v) is 4.99. The van der Waals surface area contributed by atoms with E-state index in [1.807, 2.05) is 0 Å². The monoisotopic (exact) mass is 272 g/mol. The number of hydrogen-bond acceptors (Lipinski definition) is 2. The number of likely N-dealkylation sites (tertiary alicyclic amines) is 1. The maximum atomic E-state index is 12.2. The van der Waals surface area contributed by atoms with Crippen molar-refractivity contribution in [3.8, 4) is 12.3 Å². The van der Waals surface area contributed by atoms with E-state index in [0.29, 0.717) is 30.6 Å². The van der Waals surface area contributed by atoms with Crippen molar-refractivity contribution in [2.75, 3.05) is 11.9 Å². The third kappa shape index (κ3) is 2.45. The van der Waals surface area contributed by atoms with Gasteiger partial charge < -0.3 is 15.3 Å². The highest BCUT2D eigenvalue weighted by Crippen LogP contribution is 2.29. The first-order valence-corrected chi connectivity index (χ1v) is 6.36. The van der Waals surface area contributed by atoms with Crippen LogP contribution in [0.3, 0.4) is 0 Å². The first kappa shape index (κ1) is 13.9. The van der Waals surface area contributed by atoms with Gasteiger partial charge in [0.1, 0.15) is 5.54 Å². The van der Waals surface area contributed by atoms with E-state index < -0.39 is 17.5 Å². The molecule has 0 bridgehead atoms. The molecule has 0 spiro atoms. The van der Waals surface area contributed by atoms with Crippen molar-refractivity contribution in [3.05, 3.63) is 29.8 Å². The van der Waals surface area contributed by atoms with E-state index in [9.17, 15) is 14.7 Å². The molecule has 2 rings (SSSR count). The number of carbonyl (C=O) groups is 2. The van der Waals surface area contributed by atoms with Crippen molar-refractivity contribution in [2.45, 2.75) is 25.3 Å². The Hall–Kier alpha value is -2.48. The molecule has 1 saturated heterocycles. The number of carboxylic acid groups (broad SMARTS) is 1. The van der Waals surface area contributed by atoms with E-state index in [1.54, 1.807) is 31.2 Å². The fraction of sp³-hybridized carbons (Fsp3) is 0.333. The largest absolute Gasteiger partial charge is 0.480 e. The average molecular weight is 272 g/mol. The summed E-state index contributed by atoms with van der Waals surface area (Å²) in [5.41, 5.74) is 0.0728. The Kier molecular flexibility index (Phi) is 3.66. The zero-order chi connectivity index (χ0) is 14.8. The Labute approximate surface area is 117 Å². The van der Waals surface area contributed by atoms with Crippen molar-refractivity contribution in [3.63, 3.8) is 0 Å². The van der Waals surface area contributed by atoms with E-state index in [4.69, 9.17) is 6.42 Å². The number of terminal acetylenes is 1. The summed E-state index contributed by atoms with van der Waals surface area (Å²) in [6, 6.07) is 6.47. The Bertz CT molecular complexity index is 591. The van der Waals surface area contributed by atoms with Crippen molar-refractivity contribution in [1.82, 2.24) is 4.90 Å². The van der Waals surface area contributed by atoms with Crippen molar-refractivity contribution in [2.24, 2.45) is 0 Å². The minimum Gasteiger partial charge on any atom is -0.480 e. The molecular weight excluding hydrogens is 256 g/mol. The summed E-state index contributed by atoms with van der Waals surface area (Å²) in [7, 11) is 0. The molecule has 1 fully saturated rings. The smallest absolute Gasteiger partial charge is 0.329 e. The van der Waals surface area contributed by atoms with E-state index >= 15 is 0 Å². The maximum absolute atomic E-state index is 12.2. The summed E-state index contributed by atoms with van der Waals surface area (Å²) in [5.74, 6) is 1.50. The van der Waals surface area contributed by atoms with Crippen LogP contribution in [0.5, 0.6) is 0 Å². The van der Waals surface area contributed by atoms with Crippen molar-refractivity contribution >= 4 is 17.7 Å². The standard InChI is InChI=1S/C15H16N2O3/c1-3-11-6-4-7-12(10-11)16-14(20)17-9-5-8-15(17,2)13(18)19/h1,4,6-7,10H,5,8-9H2,2H3,(H,16,20)(H,18,19). The zero-order valence-electron chi connectivity index (χ0n) is 11.2. The molecule has 1 aliphatic rings. The number of rotatable bonds is 2. The second-order valence-electron chi connectivity index (χ2n) is 4.99. The fourth-order valence-electron chi connectivity index (χ4n) is 2.39. The quantitative estimate of drug-likeness (QED) is 0.810. The molecule has 0 aliphatic carbocycles. The minimum absolute atomic E-state index is 0.415. The Morgan fingerprint density at radius 2 is 2.25 bits per heavy atom. The fourth-order valence-corrected chi connectivity index (χ4v) is 2.39. The lowest BCUT2D eigenvalue weighted by atomic mass is 10.00. The van der Waals surface area contributed by atoms with Gasteiger partial charge in [-0.15, -0.1) is 6.42 Å². The van der Waals surface area contributed by atoms with Gasteiger partial charge in [-0.1, -0.05) is 12.0 Å². The highest BCUT2D eigenvalue weighted by molar-refractivity contribution is 5.94. The van der Waals surface area contributed by atoms with Gasteiger partial charge in [0.2, 0.25) is 0 Å². The first-order valence-electron chi connectivity index (χ1n) is 6.36. The number of carboxylic acids is 1. The number of amides is 2. The van der Waals surface area contributed by atoms with Crippen LogP contribution in [0, 0.1) is 12.3 Å². The van der Waals surface area contributed by atoms with Crippen LogP contribution < -0.4 is 5.32 Å². The Morgan fingerprint density at radius 3 is 2.90 bits per heavy atom. The zero-order valence-corrected chi connectivity index (χ0v) is 11.2. The van der Waals surface area contributed by atoms with Gasteiger partial charge in [-0.05, 0) is 38.0 Å². The lowest BCUT2D eigenvalue weighted by Crippen LogP contribution is -2.52. The molecule has 1 aromatic carbocycles. The summed E-state index contributed by atoms with van der Waals surface area (Å²) in [5, 5.41) is 12.0. The molecule has 5 heteroatoms. The van der Waals surface area contributed by atoms with Crippen LogP contribution in [-0.4, -0.2) is 34.1 Å². The topological polar surface area (TPSA) is 69.6 Å². The molecule has 1 atom stereocenters. The van der Waals surface area contributed by atoms with Crippen molar-refractivity contribution in [1.29, 1.82) is 0 Å². The molecule has 20 heavy (non-hydrogen) atoms. The highest BCUT2D eigenvalue weighted by Gasteiger charge is 2.45. The van der Waals surface area contributed by atoms with Gasteiger partial charge in [-0.2, -0.15) is 0 Å². The molecule has 104 valence electrons. The number of nitrogens with one attached hydrogen (secondary N) is 1. The number of aliphatic carboxylic acids is 1. The van der Waals surface area contributed by atoms with Crippen LogP contribution in [0.4, 0.5) is 10.5 Å². The lowest BCUT2D eigenvalue weighted by molar-refractivity contribution is -0.146. The molecule has 0 radical (unpaired) electrons. The van der Waals surface area contributed by atoms with Crippen LogP contribution in [-0.2, 0) is 4.79 Å². The minimum atomic E-state index is -1.15. The third-order valence-electron chi connectivity index (χ3n) is 3.63. The summed E-state index contributed by atoms with van der Waals surface area (Å²) in [6.45, 7) is 2.00. The number of hydrogen-bond donors (Lipinski definition) is 2. The molecular formula is C15H16N2O3. The van der Waals surface area contributed by atoms with Crippen LogP contribution in [0.15, 0.2) is 24.3 Å². The summed E-state index contributed by atoms with van der Waals surface area (Å²) < 4.78 is 0. The predicted octanol–water partition coefficient (Wildman–Crippen LogP) is 2.14. The van der Waals surface area contributed by atoms with E-state index in [-0.39, 0.29) is 0 Å². The van der Waals surface area contributed by atoms with Gasteiger partial charge in [0.25, 0.3) is 0 Å². The van der Waals surface area contributed by atoms with E-state index in [0.717, 1.165) is 0 Å². The van der Waals surface area contributed by atoms with Gasteiger partial charge in [0, 0.05) is 17.8 Å². The van der Waals surface area contributed by atoms with Crippen LogP contribution >= 0.6 is 0 Å². The molecule has 1 heterocycles. The Balaban J connectivity index is 2.16.